The highest BCUT2D eigenvalue weighted by Crippen LogP contribution is 2.34. The number of nitrogens with one attached hydrogen (secondary N) is 1. The van der Waals surface area contributed by atoms with E-state index in [0.717, 1.165) is 30.1 Å². The van der Waals surface area contributed by atoms with Crippen molar-refractivity contribution in [3.63, 3.8) is 0 Å². The smallest absolute Gasteiger partial charge is 0.231 e. The van der Waals surface area contributed by atoms with Gasteiger partial charge in [0.25, 0.3) is 0 Å². The summed E-state index contributed by atoms with van der Waals surface area (Å²) < 4.78 is 16.1. The molecule has 2 heterocycles. The Labute approximate surface area is 125 Å². The molecular weight excluding hydrogens is 266 g/mol. The molecule has 1 aromatic carbocycles. The van der Waals surface area contributed by atoms with Crippen molar-refractivity contribution < 1.29 is 13.9 Å². The van der Waals surface area contributed by atoms with E-state index in [9.17, 15) is 0 Å². The van der Waals surface area contributed by atoms with Gasteiger partial charge in [-0.05, 0) is 50.1 Å². The number of hydrogen-bond donors (Lipinski definition) is 1. The van der Waals surface area contributed by atoms with Crippen molar-refractivity contribution >= 4 is 0 Å². The standard InChI is InChI=1S/C17H21NO3/c1-12(5-7-15-4-3-9-19-15)18-13(2)14-6-8-16-17(10-14)21-11-20-16/h3-4,6,8-10,12-13,18H,5,7,11H2,1-2H3. The zero-order valence-corrected chi connectivity index (χ0v) is 12.5. The molecule has 0 bridgehead atoms. The number of aryl methyl sites for hydroxylation is 1. The summed E-state index contributed by atoms with van der Waals surface area (Å²) in [5.41, 5.74) is 1.21. The Morgan fingerprint density at radius 1 is 1.14 bits per heavy atom. The molecule has 0 saturated heterocycles. The summed E-state index contributed by atoms with van der Waals surface area (Å²) in [6.07, 6.45) is 3.72. The summed E-state index contributed by atoms with van der Waals surface area (Å²) in [5.74, 6) is 2.71. The molecule has 1 N–H and O–H groups in total. The van der Waals surface area contributed by atoms with Crippen LogP contribution in [0.4, 0.5) is 0 Å². The molecule has 2 aromatic rings. The highest BCUT2D eigenvalue weighted by molar-refractivity contribution is 5.45. The molecule has 21 heavy (non-hydrogen) atoms. The maximum atomic E-state index is 5.43. The first-order chi connectivity index (χ1) is 10.2. The third-order valence-electron chi connectivity index (χ3n) is 3.83. The van der Waals surface area contributed by atoms with E-state index >= 15 is 0 Å². The summed E-state index contributed by atoms with van der Waals surface area (Å²) in [7, 11) is 0. The molecule has 0 fully saturated rings. The summed E-state index contributed by atoms with van der Waals surface area (Å²) in [5, 5.41) is 3.61. The topological polar surface area (TPSA) is 43.6 Å². The zero-order chi connectivity index (χ0) is 14.7. The number of hydrogen-bond acceptors (Lipinski definition) is 4. The van der Waals surface area contributed by atoms with Gasteiger partial charge in [0.1, 0.15) is 5.76 Å². The van der Waals surface area contributed by atoms with Gasteiger partial charge in [-0.1, -0.05) is 6.07 Å². The van der Waals surface area contributed by atoms with Gasteiger partial charge in [0, 0.05) is 18.5 Å². The van der Waals surface area contributed by atoms with E-state index in [0.29, 0.717) is 12.8 Å². The summed E-state index contributed by atoms with van der Waals surface area (Å²) in [4.78, 5) is 0. The molecule has 0 amide bonds. The molecule has 0 spiro atoms. The Balaban J connectivity index is 1.54. The van der Waals surface area contributed by atoms with Crippen LogP contribution >= 0.6 is 0 Å². The number of ether oxygens (including phenoxy) is 2. The lowest BCUT2D eigenvalue weighted by molar-refractivity contribution is 0.174. The van der Waals surface area contributed by atoms with E-state index in [1.807, 2.05) is 18.2 Å². The molecule has 0 aliphatic carbocycles. The predicted octanol–water partition coefficient (Wildman–Crippen LogP) is 3.68. The van der Waals surface area contributed by atoms with Crippen LogP contribution in [0.2, 0.25) is 0 Å². The number of furan rings is 1. The molecule has 4 nitrogen and oxygen atoms in total. The second-order valence-electron chi connectivity index (χ2n) is 5.52. The van der Waals surface area contributed by atoms with Crippen LogP contribution in [0.5, 0.6) is 11.5 Å². The second kappa shape index (κ2) is 6.22. The van der Waals surface area contributed by atoms with Crippen molar-refractivity contribution in [1.29, 1.82) is 0 Å². The SMILES string of the molecule is CC(CCc1ccco1)NC(C)c1ccc2c(c1)OCO2. The van der Waals surface area contributed by atoms with Crippen molar-refractivity contribution in [2.24, 2.45) is 0 Å². The normalized spacial score (nSPS) is 15.9. The van der Waals surface area contributed by atoms with Gasteiger partial charge in [-0.25, -0.2) is 0 Å². The molecule has 1 aliphatic heterocycles. The van der Waals surface area contributed by atoms with Gasteiger partial charge in [0.15, 0.2) is 11.5 Å². The van der Waals surface area contributed by atoms with Crippen molar-refractivity contribution in [2.45, 2.75) is 38.8 Å². The van der Waals surface area contributed by atoms with Crippen molar-refractivity contribution in [3.8, 4) is 11.5 Å². The van der Waals surface area contributed by atoms with Crippen LogP contribution in [-0.4, -0.2) is 12.8 Å². The fourth-order valence-corrected chi connectivity index (χ4v) is 2.60. The molecule has 0 saturated carbocycles. The first kappa shape index (κ1) is 14.0. The average Bonchev–Trinajstić information content (AvgIpc) is 3.15. The monoisotopic (exact) mass is 287 g/mol. The van der Waals surface area contributed by atoms with Crippen LogP contribution in [0.25, 0.3) is 0 Å². The predicted molar refractivity (Wildman–Crippen MR) is 80.6 cm³/mol. The maximum Gasteiger partial charge on any atom is 0.231 e. The van der Waals surface area contributed by atoms with E-state index in [-0.39, 0.29) is 6.04 Å². The number of rotatable bonds is 6. The van der Waals surface area contributed by atoms with Gasteiger partial charge in [-0.2, -0.15) is 0 Å². The Hall–Kier alpha value is -1.94. The minimum atomic E-state index is 0.270. The Morgan fingerprint density at radius 3 is 2.81 bits per heavy atom. The highest BCUT2D eigenvalue weighted by atomic mass is 16.7. The minimum Gasteiger partial charge on any atom is -0.469 e. The van der Waals surface area contributed by atoms with Crippen molar-refractivity contribution in [1.82, 2.24) is 5.32 Å². The highest BCUT2D eigenvalue weighted by Gasteiger charge is 2.16. The first-order valence-electron chi connectivity index (χ1n) is 7.40. The van der Waals surface area contributed by atoms with Crippen LogP contribution in [-0.2, 0) is 6.42 Å². The van der Waals surface area contributed by atoms with Crippen LogP contribution < -0.4 is 14.8 Å². The zero-order valence-electron chi connectivity index (χ0n) is 12.5. The lowest BCUT2D eigenvalue weighted by Gasteiger charge is -2.20. The molecular formula is C17H21NO3. The summed E-state index contributed by atoms with van der Waals surface area (Å²) in [6.45, 7) is 4.69. The van der Waals surface area contributed by atoms with Crippen LogP contribution in [0.1, 0.15) is 37.6 Å². The minimum absolute atomic E-state index is 0.270. The van der Waals surface area contributed by atoms with Crippen LogP contribution in [0.15, 0.2) is 41.0 Å². The van der Waals surface area contributed by atoms with Gasteiger partial charge in [0.2, 0.25) is 6.79 Å². The number of benzene rings is 1. The quantitative estimate of drug-likeness (QED) is 0.880. The molecule has 1 aromatic heterocycles. The fraction of sp³-hybridized carbons (Fsp3) is 0.412. The average molecular weight is 287 g/mol. The molecule has 112 valence electrons. The fourth-order valence-electron chi connectivity index (χ4n) is 2.60. The van der Waals surface area contributed by atoms with Crippen molar-refractivity contribution in [2.75, 3.05) is 6.79 Å². The van der Waals surface area contributed by atoms with Crippen molar-refractivity contribution in [3.05, 3.63) is 47.9 Å². The van der Waals surface area contributed by atoms with Gasteiger partial charge < -0.3 is 19.2 Å². The second-order valence-corrected chi connectivity index (χ2v) is 5.52. The molecule has 4 heteroatoms. The molecule has 2 unspecified atom stereocenters. The van der Waals surface area contributed by atoms with Crippen LogP contribution in [0.3, 0.4) is 0 Å². The first-order valence-corrected chi connectivity index (χ1v) is 7.40. The van der Waals surface area contributed by atoms with E-state index < -0.39 is 0 Å². The van der Waals surface area contributed by atoms with Gasteiger partial charge in [-0.15, -0.1) is 0 Å². The van der Waals surface area contributed by atoms with Crippen LogP contribution in [0, 0.1) is 0 Å². The van der Waals surface area contributed by atoms with E-state index in [4.69, 9.17) is 13.9 Å². The Bertz CT molecular complexity index is 580. The molecule has 2 atom stereocenters. The number of fused-ring (bicyclic) bond motifs is 1. The Kier molecular flexibility index (Phi) is 4.15. The largest absolute Gasteiger partial charge is 0.469 e. The molecule has 1 aliphatic rings. The van der Waals surface area contributed by atoms with Gasteiger partial charge in [0.05, 0.1) is 6.26 Å². The third kappa shape index (κ3) is 3.39. The maximum absolute atomic E-state index is 5.43. The molecule has 3 rings (SSSR count). The van der Waals surface area contributed by atoms with E-state index in [2.05, 4.69) is 31.3 Å². The van der Waals surface area contributed by atoms with Gasteiger partial charge in [-0.3, -0.25) is 0 Å². The molecule has 0 radical (unpaired) electrons. The lowest BCUT2D eigenvalue weighted by atomic mass is 10.1. The lowest BCUT2D eigenvalue weighted by Crippen LogP contribution is -2.29. The Morgan fingerprint density at radius 2 is 2.00 bits per heavy atom. The summed E-state index contributed by atoms with van der Waals surface area (Å²) in [6, 6.07) is 10.8. The van der Waals surface area contributed by atoms with E-state index in [1.165, 1.54) is 5.56 Å². The van der Waals surface area contributed by atoms with Gasteiger partial charge >= 0.3 is 0 Å². The van der Waals surface area contributed by atoms with E-state index in [1.54, 1.807) is 6.26 Å². The summed E-state index contributed by atoms with van der Waals surface area (Å²) >= 11 is 0. The third-order valence-corrected chi connectivity index (χ3v) is 3.83.